The number of halogens is 1. The standard InChI is InChI=1S/C20H21ClN2O5/c1-2-27-17-8-6-15(7-9-17)20(26)23-12-19(25)28-13-18(24)22-11-14-4-3-5-16(21)10-14/h3-10H,2,11-13H2,1H3,(H,22,24)(H,23,26). The molecule has 2 rings (SSSR count). The normalized spacial score (nSPS) is 10.1. The number of amides is 2. The molecule has 0 aromatic heterocycles. The Morgan fingerprint density at radius 1 is 1.04 bits per heavy atom. The van der Waals surface area contributed by atoms with E-state index in [0.29, 0.717) is 22.9 Å². The molecule has 0 saturated carbocycles. The molecule has 0 bridgehead atoms. The Hall–Kier alpha value is -3.06. The molecule has 2 aromatic rings. The highest BCUT2D eigenvalue weighted by molar-refractivity contribution is 6.30. The van der Waals surface area contributed by atoms with Crippen LogP contribution in [0.3, 0.4) is 0 Å². The summed E-state index contributed by atoms with van der Waals surface area (Å²) in [5.41, 5.74) is 1.21. The van der Waals surface area contributed by atoms with E-state index in [9.17, 15) is 14.4 Å². The summed E-state index contributed by atoms with van der Waals surface area (Å²) >= 11 is 5.87. The molecule has 8 heteroatoms. The van der Waals surface area contributed by atoms with Crippen LogP contribution in [-0.2, 0) is 20.9 Å². The number of nitrogens with one attached hydrogen (secondary N) is 2. The third kappa shape index (κ3) is 7.28. The van der Waals surface area contributed by atoms with Crippen molar-refractivity contribution >= 4 is 29.4 Å². The minimum absolute atomic E-state index is 0.269. The number of carbonyl (C=O) groups is 3. The average molecular weight is 405 g/mol. The number of rotatable bonds is 9. The predicted octanol–water partition coefficient (Wildman–Crippen LogP) is 2.33. The highest BCUT2D eigenvalue weighted by atomic mass is 35.5. The maximum absolute atomic E-state index is 12.0. The predicted molar refractivity (Wildman–Crippen MR) is 104 cm³/mol. The Labute approximate surface area is 168 Å². The van der Waals surface area contributed by atoms with Gasteiger partial charge in [0.2, 0.25) is 0 Å². The summed E-state index contributed by atoms with van der Waals surface area (Å²) in [5.74, 6) is -0.934. The maximum Gasteiger partial charge on any atom is 0.325 e. The molecule has 0 radical (unpaired) electrons. The van der Waals surface area contributed by atoms with Crippen molar-refractivity contribution in [1.82, 2.24) is 10.6 Å². The van der Waals surface area contributed by atoms with Gasteiger partial charge in [0, 0.05) is 17.1 Å². The van der Waals surface area contributed by atoms with Gasteiger partial charge in [0.1, 0.15) is 12.3 Å². The Kier molecular flexibility index (Phi) is 8.30. The zero-order valence-corrected chi connectivity index (χ0v) is 16.1. The van der Waals surface area contributed by atoms with Gasteiger partial charge in [-0.2, -0.15) is 0 Å². The smallest absolute Gasteiger partial charge is 0.325 e. The Morgan fingerprint density at radius 3 is 2.46 bits per heavy atom. The quantitative estimate of drug-likeness (QED) is 0.625. The van der Waals surface area contributed by atoms with Crippen molar-refractivity contribution in [3.8, 4) is 5.75 Å². The molecule has 0 atom stereocenters. The van der Waals surface area contributed by atoms with Crippen molar-refractivity contribution in [3.05, 3.63) is 64.7 Å². The number of carbonyl (C=O) groups excluding carboxylic acids is 3. The summed E-state index contributed by atoms with van der Waals surface area (Å²) in [6.07, 6.45) is 0. The SMILES string of the molecule is CCOc1ccc(C(=O)NCC(=O)OCC(=O)NCc2cccc(Cl)c2)cc1. The fraction of sp³-hybridized carbons (Fsp3) is 0.250. The Balaban J connectivity index is 1.67. The molecule has 0 aliphatic heterocycles. The summed E-state index contributed by atoms with van der Waals surface area (Å²) in [4.78, 5) is 35.4. The van der Waals surface area contributed by atoms with Crippen LogP contribution in [0.2, 0.25) is 5.02 Å². The van der Waals surface area contributed by atoms with Crippen molar-refractivity contribution in [1.29, 1.82) is 0 Å². The van der Waals surface area contributed by atoms with Crippen molar-refractivity contribution in [2.75, 3.05) is 19.8 Å². The summed E-state index contributed by atoms with van der Waals surface area (Å²) in [6.45, 7) is 1.89. The third-order valence-corrected chi connectivity index (χ3v) is 3.80. The first-order valence-electron chi connectivity index (χ1n) is 8.65. The molecule has 0 fully saturated rings. The minimum Gasteiger partial charge on any atom is -0.494 e. The lowest BCUT2D eigenvalue weighted by atomic mass is 10.2. The van der Waals surface area contributed by atoms with Crippen LogP contribution in [0.25, 0.3) is 0 Å². The van der Waals surface area contributed by atoms with E-state index in [2.05, 4.69) is 10.6 Å². The van der Waals surface area contributed by atoms with Crippen LogP contribution in [0.1, 0.15) is 22.8 Å². The van der Waals surface area contributed by atoms with Crippen LogP contribution in [0, 0.1) is 0 Å². The summed E-state index contributed by atoms with van der Waals surface area (Å²) < 4.78 is 10.1. The largest absolute Gasteiger partial charge is 0.494 e. The highest BCUT2D eigenvalue weighted by Crippen LogP contribution is 2.12. The summed E-state index contributed by atoms with van der Waals surface area (Å²) in [6, 6.07) is 13.6. The summed E-state index contributed by atoms with van der Waals surface area (Å²) in [7, 11) is 0. The van der Waals surface area contributed by atoms with Gasteiger partial charge >= 0.3 is 5.97 Å². The van der Waals surface area contributed by atoms with Crippen LogP contribution < -0.4 is 15.4 Å². The van der Waals surface area contributed by atoms with E-state index in [1.54, 1.807) is 42.5 Å². The number of ether oxygens (including phenoxy) is 2. The van der Waals surface area contributed by atoms with Gasteiger partial charge in [-0.3, -0.25) is 14.4 Å². The Morgan fingerprint density at radius 2 is 1.79 bits per heavy atom. The molecule has 7 nitrogen and oxygen atoms in total. The lowest BCUT2D eigenvalue weighted by molar-refractivity contribution is -0.147. The highest BCUT2D eigenvalue weighted by Gasteiger charge is 2.11. The number of hydrogen-bond acceptors (Lipinski definition) is 5. The van der Waals surface area contributed by atoms with E-state index in [4.69, 9.17) is 21.1 Å². The van der Waals surface area contributed by atoms with E-state index in [0.717, 1.165) is 5.56 Å². The van der Waals surface area contributed by atoms with Crippen molar-refractivity contribution < 1.29 is 23.9 Å². The molecule has 2 aromatic carbocycles. The molecule has 148 valence electrons. The zero-order chi connectivity index (χ0) is 20.4. The van der Waals surface area contributed by atoms with Gasteiger partial charge in [0.15, 0.2) is 6.61 Å². The van der Waals surface area contributed by atoms with Crippen LogP contribution in [-0.4, -0.2) is 37.5 Å². The van der Waals surface area contributed by atoms with Crippen molar-refractivity contribution in [2.24, 2.45) is 0 Å². The fourth-order valence-corrected chi connectivity index (χ4v) is 2.43. The van der Waals surface area contributed by atoms with E-state index in [-0.39, 0.29) is 13.1 Å². The molecule has 0 heterocycles. The zero-order valence-electron chi connectivity index (χ0n) is 15.4. The first-order valence-corrected chi connectivity index (χ1v) is 9.03. The Bertz CT molecular complexity index is 824. The molecule has 0 unspecified atom stereocenters. The number of hydrogen-bond donors (Lipinski definition) is 2. The lowest BCUT2D eigenvalue weighted by Crippen LogP contribution is -2.33. The third-order valence-electron chi connectivity index (χ3n) is 3.56. The summed E-state index contributed by atoms with van der Waals surface area (Å²) in [5, 5.41) is 5.62. The molecule has 0 aliphatic rings. The average Bonchev–Trinajstić information content (AvgIpc) is 2.69. The second-order valence-electron chi connectivity index (χ2n) is 5.71. The number of esters is 1. The molecule has 28 heavy (non-hydrogen) atoms. The van der Waals surface area contributed by atoms with Gasteiger partial charge in [0.05, 0.1) is 6.61 Å². The van der Waals surface area contributed by atoms with E-state index in [1.165, 1.54) is 0 Å². The molecule has 2 N–H and O–H groups in total. The van der Waals surface area contributed by atoms with E-state index in [1.807, 2.05) is 13.0 Å². The van der Waals surface area contributed by atoms with Crippen LogP contribution >= 0.6 is 11.6 Å². The lowest BCUT2D eigenvalue weighted by Gasteiger charge is -2.08. The molecule has 2 amide bonds. The van der Waals surface area contributed by atoms with Crippen LogP contribution in [0.4, 0.5) is 0 Å². The first kappa shape index (κ1) is 21.2. The van der Waals surface area contributed by atoms with Crippen LogP contribution in [0.5, 0.6) is 5.75 Å². The number of benzene rings is 2. The second-order valence-corrected chi connectivity index (χ2v) is 6.14. The van der Waals surface area contributed by atoms with Gasteiger partial charge in [-0.15, -0.1) is 0 Å². The topological polar surface area (TPSA) is 93.7 Å². The maximum atomic E-state index is 12.0. The molecule has 0 spiro atoms. The minimum atomic E-state index is -0.711. The van der Waals surface area contributed by atoms with Crippen molar-refractivity contribution in [3.63, 3.8) is 0 Å². The van der Waals surface area contributed by atoms with Crippen LogP contribution in [0.15, 0.2) is 48.5 Å². The van der Waals surface area contributed by atoms with Gasteiger partial charge in [-0.25, -0.2) is 0 Å². The van der Waals surface area contributed by atoms with Crippen molar-refractivity contribution in [2.45, 2.75) is 13.5 Å². The van der Waals surface area contributed by atoms with Gasteiger partial charge in [-0.05, 0) is 48.9 Å². The second kappa shape index (κ2) is 10.9. The van der Waals surface area contributed by atoms with Gasteiger partial charge < -0.3 is 20.1 Å². The molecular weight excluding hydrogens is 384 g/mol. The van der Waals surface area contributed by atoms with Gasteiger partial charge in [-0.1, -0.05) is 23.7 Å². The van der Waals surface area contributed by atoms with Gasteiger partial charge in [0.25, 0.3) is 11.8 Å². The monoisotopic (exact) mass is 404 g/mol. The molecular formula is C20H21ClN2O5. The fourth-order valence-electron chi connectivity index (χ4n) is 2.22. The van der Waals surface area contributed by atoms with E-state index >= 15 is 0 Å². The first-order chi connectivity index (χ1) is 13.5. The van der Waals surface area contributed by atoms with E-state index < -0.39 is 24.4 Å². The molecule has 0 saturated heterocycles. The molecule has 0 aliphatic carbocycles.